The van der Waals surface area contributed by atoms with Gasteiger partial charge in [0.25, 0.3) is 0 Å². The lowest BCUT2D eigenvalue weighted by Gasteiger charge is -2.10. The highest BCUT2D eigenvalue weighted by molar-refractivity contribution is 6.30. The van der Waals surface area contributed by atoms with E-state index in [2.05, 4.69) is 25.8 Å². The predicted octanol–water partition coefficient (Wildman–Crippen LogP) is 3.92. The molecule has 2 aromatic carbocycles. The van der Waals surface area contributed by atoms with E-state index in [0.29, 0.717) is 23.3 Å². The van der Waals surface area contributed by atoms with Crippen molar-refractivity contribution in [1.82, 2.24) is 15.2 Å². The molecule has 0 saturated carbocycles. The van der Waals surface area contributed by atoms with Crippen molar-refractivity contribution < 1.29 is 9.47 Å². The molecule has 0 atom stereocenters. The number of ether oxygens (including phenoxy) is 2. The molecule has 0 saturated heterocycles. The second kappa shape index (κ2) is 7.05. The molecular formula is C18H16ClN5O2. The van der Waals surface area contributed by atoms with E-state index in [9.17, 15) is 0 Å². The first-order valence-corrected chi connectivity index (χ1v) is 8.40. The quantitative estimate of drug-likeness (QED) is 0.705. The van der Waals surface area contributed by atoms with Crippen LogP contribution in [0, 0.1) is 6.92 Å². The van der Waals surface area contributed by atoms with Crippen molar-refractivity contribution in [2.45, 2.75) is 13.5 Å². The maximum atomic E-state index is 6.05. The third kappa shape index (κ3) is 3.62. The summed E-state index contributed by atoms with van der Waals surface area (Å²) < 4.78 is 10.7. The molecule has 26 heavy (non-hydrogen) atoms. The maximum Gasteiger partial charge on any atom is 0.244 e. The van der Waals surface area contributed by atoms with Crippen LogP contribution in [-0.2, 0) is 6.54 Å². The summed E-state index contributed by atoms with van der Waals surface area (Å²) in [4.78, 5) is 4.43. The minimum absolute atomic E-state index is 0.260. The normalized spacial score (nSPS) is 12.1. The molecule has 0 radical (unpaired) electrons. The van der Waals surface area contributed by atoms with Gasteiger partial charge in [0.2, 0.25) is 12.7 Å². The fraction of sp³-hybridized carbons (Fsp3) is 0.167. The van der Waals surface area contributed by atoms with Crippen molar-refractivity contribution in [3.8, 4) is 11.5 Å². The van der Waals surface area contributed by atoms with E-state index in [1.807, 2.05) is 43.3 Å². The number of hydrogen-bond donors (Lipinski definition) is 2. The third-order valence-corrected chi connectivity index (χ3v) is 4.14. The monoisotopic (exact) mass is 369 g/mol. The molecule has 0 amide bonds. The lowest BCUT2D eigenvalue weighted by atomic mass is 10.2. The molecule has 1 aliphatic heterocycles. The molecule has 3 aromatic rings. The summed E-state index contributed by atoms with van der Waals surface area (Å²) in [5.74, 6) is 2.51. The van der Waals surface area contributed by atoms with E-state index in [1.165, 1.54) is 0 Å². The van der Waals surface area contributed by atoms with Crippen molar-refractivity contribution in [3.05, 3.63) is 58.7 Å². The summed E-state index contributed by atoms with van der Waals surface area (Å²) in [7, 11) is 0. The average Bonchev–Trinajstić information content (AvgIpc) is 3.11. The van der Waals surface area contributed by atoms with Gasteiger partial charge in [0, 0.05) is 17.3 Å². The highest BCUT2D eigenvalue weighted by Gasteiger charge is 2.13. The molecule has 8 heteroatoms. The molecule has 132 valence electrons. The van der Waals surface area contributed by atoms with Crippen LogP contribution in [0.4, 0.5) is 17.5 Å². The zero-order chi connectivity index (χ0) is 17.9. The first-order valence-electron chi connectivity index (χ1n) is 8.03. The van der Waals surface area contributed by atoms with E-state index in [1.54, 1.807) is 6.20 Å². The molecule has 7 nitrogen and oxygen atoms in total. The Hall–Kier alpha value is -3.06. The largest absolute Gasteiger partial charge is 0.454 e. The number of fused-ring (bicyclic) bond motifs is 1. The van der Waals surface area contributed by atoms with Crippen LogP contribution in [0.3, 0.4) is 0 Å². The SMILES string of the molecule is Cc1ccc(Cl)cc1Nc1cnnc(NCc2ccc3c(c2)OCO3)n1. The lowest BCUT2D eigenvalue weighted by molar-refractivity contribution is 0.174. The van der Waals surface area contributed by atoms with Crippen LogP contribution in [0.15, 0.2) is 42.6 Å². The van der Waals surface area contributed by atoms with E-state index < -0.39 is 0 Å². The Morgan fingerprint density at radius 1 is 1.12 bits per heavy atom. The number of aryl methyl sites for hydroxylation is 1. The minimum Gasteiger partial charge on any atom is -0.454 e. The number of aromatic nitrogens is 3. The molecule has 0 bridgehead atoms. The van der Waals surface area contributed by atoms with Gasteiger partial charge in [-0.3, -0.25) is 0 Å². The summed E-state index contributed by atoms with van der Waals surface area (Å²) in [6, 6.07) is 11.4. The highest BCUT2D eigenvalue weighted by atomic mass is 35.5. The topological polar surface area (TPSA) is 81.2 Å². The second-order valence-corrected chi connectivity index (χ2v) is 6.23. The van der Waals surface area contributed by atoms with Crippen LogP contribution >= 0.6 is 11.6 Å². The molecule has 2 heterocycles. The zero-order valence-electron chi connectivity index (χ0n) is 14.0. The van der Waals surface area contributed by atoms with Gasteiger partial charge in [-0.2, -0.15) is 10.1 Å². The van der Waals surface area contributed by atoms with Crippen LogP contribution < -0.4 is 20.1 Å². The Morgan fingerprint density at radius 2 is 2.00 bits per heavy atom. The van der Waals surface area contributed by atoms with Gasteiger partial charge in [0.1, 0.15) is 0 Å². The average molecular weight is 370 g/mol. The Labute approximate surface area is 155 Å². The fourth-order valence-electron chi connectivity index (χ4n) is 2.54. The van der Waals surface area contributed by atoms with E-state index in [-0.39, 0.29) is 6.79 Å². The number of benzene rings is 2. The molecule has 0 aliphatic carbocycles. The van der Waals surface area contributed by atoms with Gasteiger partial charge in [0.05, 0.1) is 6.20 Å². The van der Waals surface area contributed by atoms with Gasteiger partial charge >= 0.3 is 0 Å². The Morgan fingerprint density at radius 3 is 2.92 bits per heavy atom. The van der Waals surface area contributed by atoms with Crippen molar-refractivity contribution in [3.63, 3.8) is 0 Å². The molecule has 0 unspecified atom stereocenters. The van der Waals surface area contributed by atoms with E-state index >= 15 is 0 Å². The number of nitrogens with one attached hydrogen (secondary N) is 2. The molecular weight excluding hydrogens is 354 g/mol. The van der Waals surface area contributed by atoms with Crippen LogP contribution in [0.5, 0.6) is 11.5 Å². The summed E-state index contributed by atoms with van der Waals surface area (Å²) in [5.41, 5.74) is 2.96. The highest BCUT2D eigenvalue weighted by Crippen LogP contribution is 2.32. The fourth-order valence-corrected chi connectivity index (χ4v) is 2.71. The van der Waals surface area contributed by atoms with Gasteiger partial charge in [0.15, 0.2) is 17.3 Å². The standard InChI is InChI=1S/C18H16ClN5O2/c1-11-2-4-13(19)7-14(11)22-17-9-21-24-18(23-17)20-8-12-3-5-15-16(6-12)26-10-25-15/h2-7,9H,8,10H2,1H3,(H2,20,22,23,24). The molecule has 4 rings (SSSR count). The summed E-state index contributed by atoms with van der Waals surface area (Å²) in [6.07, 6.45) is 1.56. The summed E-state index contributed by atoms with van der Waals surface area (Å²) in [5, 5.41) is 15.0. The second-order valence-electron chi connectivity index (χ2n) is 5.79. The molecule has 2 N–H and O–H groups in total. The Balaban J connectivity index is 1.45. The number of rotatable bonds is 5. The zero-order valence-corrected chi connectivity index (χ0v) is 14.7. The van der Waals surface area contributed by atoms with Gasteiger partial charge in [-0.25, -0.2) is 0 Å². The number of nitrogens with zero attached hydrogens (tertiary/aromatic N) is 3. The van der Waals surface area contributed by atoms with E-state index in [0.717, 1.165) is 28.3 Å². The van der Waals surface area contributed by atoms with Gasteiger partial charge in [-0.15, -0.1) is 5.10 Å². The van der Waals surface area contributed by atoms with Gasteiger partial charge in [-0.1, -0.05) is 23.7 Å². The molecule has 0 spiro atoms. The number of anilines is 3. The van der Waals surface area contributed by atoms with Crippen molar-refractivity contribution in [2.75, 3.05) is 17.4 Å². The van der Waals surface area contributed by atoms with Crippen molar-refractivity contribution in [1.29, 1.82) is 0 Å². The predicted molar refractivity (Wildman–Crippen MR) is 99.2 cm³/mol. The number of hydrogen-bond acceptors (Lipinski definition) is 7. The Kier molecular flexibility index (Phi) is 4.45. The van der Waals surface area contributed by atoms with Gasteiger partial charge in [-0.05, 0) is 42.3 Å². The first kappa shape index (κ1) is 16.4. The van der Waals surface area contributed by atoms with E-state index in [4.69, 9.17) is 21.1 Å². The minimum atomic E-state index is 0.260. The summed E-state index contributed by atoms with van der Waals surface area (Å²) >= 11 is 6.05. The van der Waals surface area contributed by atoms with Crippen molar-refractivity contribution >= 4 is 29.1 Å². The molecule has 1 aliphatic rings. The van der Waals surface area contributed by atoms with Crippen LogP contribution in [0.1, 0.15) is 11.1 Å². The van der Waals surface area contributed by atoms with Crippen LogP contribution in [0.2, 0.25) is 5.02 Å². The van der Waals surface area contributed by atoms with Gasteiger partial charge < -0.3 is 20.1 Å². The van der Waals surface area contributed by atoms with Crippen LogP contribution in [0.25, 0.3) is 0 Å². The molecule has 1 aromatic heterocycles. The lowest BCUT2D eigenvalue weighted by Crippen LogP contribution is -2.06. The summed E-state index contributed by atoms with van der Waals surface area (Å²) in [6.45, 7) is 2.79. The number of halogens is 1. The first-order chi connectivity index (χ1) is 12.7. The van der Waals surface area contributed by atoms with Crippen molar-refractivity contribution in [2.24, 2.45) is 0 Å². The smallest absolute Gasteiger partial charge is 0.244 e. The van der Waals surface area contributed by atoms with Crippen LogP contribution in [-0.4, -0.2) is 22.0 Å². The Bertz CT molecular complexity index is 951. The molecule has 0 fully saturated rings. The maximum absolute atomic E-state index is 6.05. The third-order valence-electron chi connectivity index (χ3n) is 3.91.